The smallest absolute Gasteiger partial charge is 0.166 e. The van der Waals surface area contributed by atoms with Crippen molar-refractivity contribution in [3.63, 3.8) is 0 Å². The van der Waals surface area contributed by atoms with Crippen molar-refractivity contribution in [2.45, 2.75) is 32.3 Å². The van der Waals surface area contributed by atoms with Gasteiger partial charge in [0.1, 0.15) is 5.75 Å². The van der Waals surface area contributed by atoms with Gasteiger partial charge in [0.15, 0.2) is 5.78 Å². The van der Waals surface area contributed by atoms with Gasteiger partial charge in [0.2, 0.25) is 0 Å². The van der Waals surface area contributed by atoms with Crippen molar-refractivity contribution in [2.75, 3.05) is 13.7 Å². The average Bonchev–Trinajstić information content (AvgIpc) is 2.36. The van der Waals surface area contributed by atoms with Crippen molar-refractivity contribution in [1.29, 1.82) is 0 Å². The summed E-state index contributed by atoms with van der Waals surface area (Å²) in [6.07, 6.45) is 2.83. The predicted octanol–water partition coefficient (Wildman–Crippen LogP) is 3.74. The van der Waals surface area contributed by atoms with Crippen LogP contribution in [-0.2, 0) is 4.74 Å². The number of Topliss-reactive ketones (excluding diaryl/α,β-unsaturated/α-hetero) is 1. The van der Waals surface area contributed by atoms with Crippen molar-refractivity contribution in [1.82, 2.24) is 0 Å². The number of carbonyl (C=O) groups excluding carboxylic acids is 1. The van der Waals surface area contributed by atoms with E-state index < -0.39 is 0 Å². The molecule has 0 N–H and O–H groups in total. The Morgan fingerprint density at radius 3 is 2.79 bits per heavy atom. The van der Waals surface area contributed by atoms with Crippen molar-refractivity contribution >= 4 is 17.4 Å². The van der Waals surface area contributed by atoms with Gasteiger partial charge in [0.25, 0.3) is 0 Å². The molecule has 0 heterocycles. The van der Waals surface area contributed by atoms with Crippen LogP contribution in [0.3, 0.4) is 0 Å². The van der Waals surface area contributed by atoms with E-state index in [0.29, 0.717) is 34.8 Å². The highest BCUT2D eigenvalue weighted by molar-refractivity contribution is 6.31. The van der Waals surface area contributed by atoms with Gasteiger partial charge < -0.3 is 9.47 Å². The maximum absolute atomic E-state index is 12.3. The van der Waals surface area contributed by atoms with Gasteiger partial charge in [-0.2, -0.15) is 0 Å². The standard InChI is InChI=1S/C15H19ClO3/c1-3-19-12-6-10(7-12)8-14(17)13-9-11(16)4-5-15(13)18-2/h4-5,9-10,12H,3,6-8H2,1-2H3. The lowest BCUT2D eigenvalue weighted by atomic mass is 9.78. The van der Waals surface area contributed by atoms with E-state index in [9.17, 15) is 4.79 Å². The second-order valence-corrected chi connectivity index (χ2v) is 5.32. The highest BCUT2D eigenvalue weighted by Crippen LogP contribution is 2.35. The van der Waals surface area contributed by atoms with Gasteiger partial charge >= 0.3 is 0 Å². The molecule has 1 aliphatic carbocycles. The minimum atomic E-state index is 0.0966. The van der Waals surface area contributed by atoms with E-state index in [1.165, 1.54) is 0 Å². The molecule has 1 saturated carbocycles. The molecule has 1 fully saturated rings. The molecular formula is C15H19ClO3. The first-order valence-electron chi connectivity index (χ1n) is 6.62. The fraction of sp³-hybridized carbons (Fsp3) is 0.533. The number of ether oxygens (including phenoxy) is 2. The van der Waals surface area contributed by atoms with Gasteiger partial charge in [-0.15, -0.1) is 0 Å². The molecule has 0 amide bonds. The molecule has 0 aliphatic heterocycles. The summed E-state index contributed by atoms with van der Waals surface area (Å²) in [7, 11) is 1.56. The fourth-order valence-corrected chi connectivity index (χ4v) is 2.66. The normalized spacial score (nSPS) is 21.8. The van der Waals surface area contributed by atoms with Crippen LogP contribution >= 0.6 is 11.6 Å². The highest BCUT2D eigenvalue weighted by atomic mass is 35.5. The minimum absolute atomic E-state index is 0.0966. The quantitative estimate of drug-likeness (QED) is 0.746. The van der Waals surface area contributed by atoms with Gasteiger partial charge in [-0.25, -0.2) is 0 Å². The van der Waals surface area contributed by atoms with Crippen LogP contribution < -0.4 is 4.74 Å². The summed E-state index contributed by atoms with van der Waals surface area (Å²) in [5.74, 6) is 1.11. The second-order valence-electron chi connectivity index (χ2n) is 4.89. The molecule has 0 aromatic heterocycles. The Bertz CT molecular complexity index is 453. The van der Waals surface area contributed by atoms with Crippen LogP contribution in [0.4, 0.5) is 0 Å². The summed E-state index contributed by atoms with van der Waals surface area (Å²) in [5.41, 5.74) is 0.579. The molecule has 1 aliphatic rings. The first kappa shape index (κ1) is 14.4. The Kier molecular flexibility index (Phi) is 4.83. The highest BCUT2D eigenvalue weighted by Gasteiger charge is 2.31. The molecule has 2 rings (SSSR count). The first-order valence-corrected chi connectivity index (χ1v) is 7.00. The van der Waals surface area contributed by atoms with E-state index in [4.69, 9.17) is 21.1 Å². The lowest BCUT2D eigenvalue weighted by Gasteiger charge is -2.34. The van der Waals surface area contributed by atoms with Crippen LogP contribution in [0.2, 0.25) is 5.02 Å². The van der Waals surface area contributed by atoms with E-state index >= 15 is 0 Å². The number of hydrogen-bond donors (Lipinski definition) is 0. The molecule has 3 nitrogen and oxygen atoms in total. The lowest BCUT2D eigenvalue weighted by Crippen LogP contribution is -2.32. The van der Waals surface area contributed by atoms with E-state index in [2.05, 4.69) is 0 Å². The summed E-state index contributed by atoms with van der Waals surface area (Å²) >= 11 is 5.94. The molecule has 0 atom stereocenters. The number of halogens is 1. The van der Waals surface area contributed by atoms with Crippen molar-refractivity contribution < 1.29 is 14.3 Å². The molecule has 0 saturated heterocycles. The zero-order valence-electron chi connectivity index (χ0n) is 11.3. The number of hydrogen-bond acceptors (Lipinski definition) is 3. The second kappa shape index (κ2) is 6.40. The first-order chi connectivity index (χ1) is 9.13. The van der Waals surface area contributed by atoms with Crippen LogP contribution in [0.1, 0.15) is 36.5 Å². The Hall–Kier alpha value is -1.06. The Morgan fingerprint density at radius 2 is 2.16 bits per heavy atom. The van der Waals surface area contributed by atoms with E-state index in [0.717, 1.165) is 19.4 Å². The van der Waals surface area contributed by atoms with Crippen molar-refractivity contribution in [3.8, 4) is 5.75 Å². The number of methoxy groups -OCH3 is 1. The largest absolute Gasteiger partial charge is 0.496 e. The van der Waals surface area contributed by atoms with E-state index in [1.54, 1.807) is 25.3 Å². The molecule has 104 valence electrons. The van der Waals surface area contributed by atoms with Crippen molar-refractivity contribution in [2.24, 2.45) is 5.92 Å². The zero-order valence-corrected chi connectivity index (χ0v) is 12.1. The molecule has 4 heteroatoms. The van der Waals surface area contributed by atoms with E-state index in [-0.39, 0.29) is 5.78 Å². The Morgan fingerprint density at radius 1 is 1.42 bits per heavy atom. The topological polar surface area (TPSA) is 35.5 Å². The van der Waals surface area contributed by atoms with Gasteiger partial charge in [-0.05, 0) is 43.9 Å². The third-order valence-electron chi connectivity index (χ3n) is 3.53. The number of rotatable bonds is 6. The van der Waals surface area contributed by atoms with Gasteiger partial charge in [0, 0.05) is 18.1 Å². The molecule has 0 unspecified atom stereocenters. The summed E-state index contributed by atoms with van der Waals surface area (Å²) < 4.78 is 10.7. The third kappa shape index (κ3) is 3.48. The number of benzene rings is 1. The fourth-order valence-electron chi connectivity index (χ4n) is 2.48. The van der Waals surface area contributed by atoms with E-state index in [1.807, 2.05) is 6.92 Å². The molecule has 19 heavy (non-hydrogen) atoms. The molecule has 0 bridgehead atoms. The predicted molar refractivity (Wildman–Crippen MR) is 75.1 cm³/mol. The Labute approximate surface area is 118 Å². The van der Waals surface area contributed by atoms with Crippen molar-refractivity contribution in [3.05, 3.63) is 28.8 Å². The summed E-state index contributed by atoms with van der Waals surface area (Å²) in [5, 5.41) is 0.560. The summed E-state index contributed by atoms with van der Waals surface area (Å²) in [4.78, 5) is 12.3. The van der Waals surface area contributed by atoms with Gasteiger partial charge in [0.05, 0.1) is 18.8 Å². The van der Waals surface area contributed by atoms with Crippen LogP contribution in [0.5, 0.6) is 5.75 Å². The maximum atomic E-state index is 12.3. The van der Waals surface area contributed by atoms with Crippen LogP contribution in [0, 0.1) is 5.92 Å². The molecule has 1 aromatic carbocycles. The molecule has 0 spiro atoms. The zero-order chi connectivity index (χ0) is 13.8. The summed E-state index contributed by atoms with van der Waals surface area (Å²) in [6.45, 7) is 2.74. The van der Waals surface area contributed by atoms with Gasteiger partial charge in [-0.1, -0.05) is 11.6 Å². The van der Waals surface area contributed by atoms with Gasteiger partial charge in [-0.3, -0.25) is 4.79 Å². The van der Waals surface area contributed by atoms with Crippen LogP contribution in [0.15, 0.2) is 18.2 Å². The Balaban J connectivity index is 1.95. The summed E-state index contributed by atoms with van der Waals surface area (Å²) in [6, 6.07) is 5.15. The number of ketones is 1. The van der Waals surface area contributed by atoms with Crippen LogP contribution in [-0.4, -0.2) is 25.6 Å². The number of carbonyl (C=O) groups is 1. The molecule has 0 radical (unpaired) electrons. The maximum Gasteiger partial charge on any atom is 0.166 e. The minimum Gasteiger partial charge on any atom is -0.496 e. The lowest BCUT2D eigenvalue weighted by molar-refractivity contribution is -0.0246. The monoisotopic (exact) mass is 282 g/mol. The average molecular weight is 283 g/mol. The SMILES string of the molecule is CCOC1CC(CC(=O)c2cc(Cl)ccc2OC)C1. The molecule has 1 aromatic rings. The van der Waals surface area contributed by atoms with Crippen LogP contribution in [0.25, 0.3) is 0 Å². The third-order valence-corrected chi connectivity index (χ3v) is 3.77. The molecular weight excluding hydrogens is 264 g/mol.